The zero-order valence-electron chi connectivity index (χ0n) is 28.7. The molecule has 0 atom stereocenters. The number of nitrogens with zero attached hydrogens (tertiary/aromatic N) is 2. The lowest BCUT2D eigenvalue weighted by atomic mass is 10.0. The number of hydrogen-bond acceptors (Lipinski definition) is 2. The molecule has 10 rings (SSSR count). The third kappa shape index (κ3) is 5.10. The molecule has 0 spiro atoms. The summed E-state index contributed by atoms with van der Waals surface area (Å²) in [4.78, 5) is 2.34. The summed E-state index contributed by atoms with van der Waals surface area (Å²) in [6.07, 6.45) is 0. The maximum Gasteiger partial charge on any atom is 0.0623 e. The van der Waals surface area contributed by atoms with Gasteiger partial charge in [0.25, 0.3) is 0 Å². The van der Waals surface area contributed by atoms with Crippen molar-refractivity contribution in [3.8, 4) is 27.9 Å². The summed E-state index contributed by atoms with van der Waals surface area (Å²) in [5.74, 6) is 0. The Morgan fingerprint density at radius 3 is 1.65 bits per heavy atom. The maximum atomic E-state index is 8.52. The van der Waals surface area contributed by atoms with Gasteiger partial charge in [0.05, 0.1) is 12.4 Å². The van der Waals surface area contributed by atoms with Crippen molar-refractivity contribution < 1.29 is 1.37 Å². The molecule has 0 fully saturated rings. The highest BCUT2D eigenvalue weighted by atomic mass is 32.1. The van der Waals surface area contributed by atoms with Crippen molar-refractivity contribution in [2.45, 2.75) is 0 Å². The highest BCUT2D eigenvalue weighted by molar-refractivity contribution is 7.25. The molecule has 0 saturated carbocycles. The minimum atomic E-state index is 0.508. The van der Waals surface area contributed by atoms with Crippen molar-refractivity contribution in [1.29, 1.82) is 0 Å². The van der Waals surface area contributed by atoms with Crippen LogP contribution in [0.25, 0.3) is 69.9 Å². The molecule has 10 aromatic rings. The van der Waals surface area contributed by atoms with E-state index in [-0.39, 0.29) is 0 Å². The highest BCUT2D eigenvalue weighted by Gasteiger charge is 2.18. The zero-order valence-corrected chi connectivity index (χ0v) is 28.5. The fourth-order valence-electron chi connectivity index (χ4n) is 7.48. The van der Waals surface area contributed by atoms with Gasteiger partial charge >= 0.3 is 0 Å². The van der Waals surface area contributed by atoms with E-state index >= 15 is 0 Å². The van der Waals surface area contributed by atoms with Gasteiger partial charge in [-0.2, -0.15) is 0 Å². The molecule has 0 N–H and O–H groups in total. The van der Waals surface area contributed by atoms with Gasteiger partial charge in [0, 0.05) is 53.7 Å². The van der Waals surface area contributed by atoms with Gasteiger partial charge in [0.2, 0.25) is 0 Å². The van der Waals surface area contributed by atoms with Crippen LogP contribution in [-0.4, -0.2) is 4.57 Å². The van der Waals surface area contributed by atoms with E-state index in [1.54, 1.807) is 0 Å². The van der Waals surface area contributed by atoms with Crippen LogP contribution in [0.1, 0.15) is 1.37 Å². The van der Waals surface area contributed by atoms with Gasteiger partial charge in [-0.3, -0.25) is 0 Å². The van der Waals surface area contributed by atoms with Crippen LogP contribution >= 0.6 is 11.3 Å². The normalized spacial score (nSPS) is 11.8. The Balaban J connectivity index is 1.17. The molecule has 51 heavy (non-hydrogen) atoms. The second kappa shape index (κ2) is 12.2. The minimum absolute atomic E-state index is 0.508. The molecule has 0 amide bonds. The van der Waals surface area contributed by atoms with Gasteiger partial charge in [-0.25, -0.2) is 0 Å². The molecule has 2 aromatic heterocycles. The average Bonchev–Trinajstić information content (AvgIpc) is 3.74. The topological polar surface area (TPSA) is 8.17 Å². The molecule has 0 aliphatic heterocycles. The SMILES string of the molecule is [2H]c1ccc2c(c1)c1ccc(N(c3ccc(-c4ccccc4)cc3)c3ccc(-c4ccccc4)cc3)cc1n2-c1ccc2sc3ccccc3c2c1. The molecule has 2 heterocycles. The molecule has 0 bridgehead atoms. The first-order valence-electron chi connectivity index (χ1n) is 17.8. The molecule has 240 valence electrons. The lowest BCUT2D eigenvalue weighted by Gasteiger charge is -2.26. The van der Waals surface area contributed by atoms with Crippen LogP contribution in [0.2, 0.25) is 0 Å². The van der Waals surface area contributed by atoms with Crippen LogP contribution < -0.4 is 4.90 Å². The van der Waals surface area contributed by atoms with Crippen LogP contribution in [0.5, 0.6) is 0 Å². The maximum absolute atomic E-state index is 8.52. The lowest BCUT2D eigenvalue weighted by molar-refractivity contribution is 1.18. The van der Waals surface area contributed by atoms with Gasteiger partial charge in [-0.05, 0) is 89.0 Å². The molecule has 3 heteroatoms. The third-order valence-electron chi connectivity index (χ3n) is 9.94. The van der Waals surface area contributed by atoms with Crippen molar-refractivity contribution in [3.05, 3.63) is 194 Å². The molecule has 8 aromatic carbocycles. The van der Waals surface area contributed by atoms with E-state index in [1.807, 2.05) is 23.5 Å². The Hall–Kier alpha value is -6.42. The zero-order chi connectivity index (χ0) is 34.6. The monoisotopic (exact) mass is 669 g/mol. The highest BCUT2D eigenvalue weighted by Crippen LogP contribution is 2.42. The van der Waals surface area contributed by atoms with Crippen LogP contribution in [0.4, 0.5) is 17.1 Å². The van der Waals surface area contributed by atoms with Crippen molar-refractivity contribution >= 4 is 70.4 Å². The summed E-state index contributed by atoms with van der Waals surface area (Å²) in [6.45, 7) is 0. The van der Waals surface area contributed by atoms with E-state index in [0.29, 0.717) is 6.04 Å². The predicted molar refractivity (Wildman–Crippen MR) is 219 cm³/mol. The largest absolute Gasteiger partial charge is 0.310 e. The Bertz CT molecular complexity index is 2810. The predicted octanol–water partition coefficient (Wildman–Crippen LogP) is 14.0. The van der Waals surface area contributed by atoms with E-state index in [4.69, 9.17) is 1.37 Å². The van der Waals surface area contributed by atoms with Crippen LogP contribution in [0.15, 0.2) is 194 Å². The standard InChI is InChI=1S/C48H32N2S/c1-3-11-33(12-4-1)35-19-23-37(24-20-35)49(38-25-21-36(22-26-38)34-13-5-2-6-14-34)40-27-29-42-41-15-7-9-17-45(41)50(46(42)32-40)39-28-30-48-44(31-39)43-16-8-10-18-47(43)51-48/h1-32H/i7D. The minimum Gasteiger partial charge on any atom is -0.310 e. The number of anilines is 3. The number of para-hydroxylation sites is 1. The number of rotatable bonds is 6. The van der Waals surface area contributed by atoms with Gasteiger partial charge in [-0.15, -0.1) is 11.3 Å². The summed E-state index contributed by atoms with van der Waals surface area (Å²) in [7, 11) is 0. The number of hydrogen-bond donors (Lipinski definition) is 0. The Morgan fingerprint density at radius 2 is 0.961 bits per heavy atom. The van der Waals surface area contributed by atoms with Gasteiger partial charge in [0.1, 0.15) is 0 Å². The van der Waals surface area contributed by atoms with Crippen molar-refractivity contribution in [1.82, 2.24) is 4.57 Å². The molecular formula is C48H32N2S. The molecular weight excluding hydrogens is 637 g/mol. The first-order valence-corrected chi connectivity index (χ1v) is 18.1. The van der Waals surface area contributed by atoms with E-state index in [1.165, 1.54) is 42.4 Å². The summed E-state index contributed by atoms with van der Waals surface area (Å²) >= 11 is 1.84. The van der Waals surface area contributed by atoms with Crippen LogP contribution in [-0.2, 0) is 0 Å². The molecule has 2 nitrogen and oxygen atoms in total. The first kappa shape index (κ1) is 28.4. The fourth-order valence-corrected chi connectivity index (χ4v) is 8.57. The number of fused-ring (bicyclic) bond motifs is 6. The summed E-state index contributed by atoms with van der Waals surface area (Å²) < 4.78 is 13.5. The summed E-state index contributed by atoms with van der Waals surface area (Å²) in [5.41, 5.74) is 11.3. The van der Waals surface area contributed by atoms with Gasteiger partial charge < -0.3 is 9.47 Å². The van der Waals surface area contributed by atoms with Crippen LogP contribution in [0.3, 0.4) is 0 Å². The van der Waals surface area contributed by atoms with Gasteiger partial charge in [-0.1, -0.05) is 127 Å². The summed E-state index contributed by atoms with van der Waals surface area (Å²) in [5, 5.41) is 4.75. The average molecular weight is 670 g/mol. The third-order valence-corrected chi connectivity index (χ3v) is 11.1. The molecule has 0 saturated heterocycles. The smallest absolute Gasteiger partial charge is 0.0623 e. The molecule has 0 aliphatic carbocycles. The first-order chi connectivity index (χ1) is 25.7. The molecule has 0 radical (unpaired) electrons. The van der Waals surface area contributed by atoms with E-state index < -0.39 is 0 Å². The Morgan fingerprint density at radius 1 is 0.392 bits per heavy atom. The Kier molecular flexibility index (Phi) is 6.78. The molecule has 0 unspecified atom stereocenters. The van der Waals surface area contributed by atoms with Crippen LogP contribution in [0, 0.1) is 0 Å². The van der Waals surface area contributed by atoms with Crippen molar-refractivity contribution in [3.63, 3.8) is 0 Å². The number of aromatic nitrogens is 1. The van der Waals surface area contributed by atoms with Crippen molar-refractivity contribution in [2.24, 2.45) is 0 Å². The van der Waals surface area contributed by atoms with E-state index in [9.17, 15) is 0 Å². The van der Waals surface area contributed by atoms with Crippen molar-refractivity contribution in [2.75, 3.05) is 4.90 Å². The second-order valence-electron chi connectivity index (χ2n) is 12.9. The lowest BCUT2D eigenvalue weighted by Crippen LogP contribution is -2.10. The number of benzene rings is 8. The fraction of sp³-hybridized carbons (Fsp3) is 0. The molecule has 0 aliphatic rings. The van der Waals surface area contributed by atoms with E-state index in [0.717, 1.165) is 44.6 Å². The quantitative estimate of drug-likeness (QED) is 0.171. The van der Waals surface area contributed by atoms with Gasteiger partial charge in [0.15, 0.2) is 0 Å². The van der Waals surface area contributed by atoms with E-state index in [2.05, 4.69) is 185 Å². The Labute approximate surface area is 302 Å². The second-order valence-corrected chi connectivity index (χ2v) is 14.0. The number of thiophene rings is 1. The summed E-state index contributed by atoms with van der Waals surface area (Å²) in [6, 6.07) is 67.5.